The molecule has 1 aromatic carbocycles. The normalized spacial score (nSPS) is 20.1. The van der Waals surface area contributed by atoms with Crippen LogP contribution in [0.4, 0.5) is 26.3 Å². The van der Waals surface area contributed by atoms with E-state index in [0.29, 0.717) is 43.6 Å². The number of hydrogen-bond donors (Lipinski definition) is 0. The van der Waals surface area contributed by atoms with Crippen LogP contribution in [-0.2, 0) is 22.0 Å². The van der Waals surface area contributed by atoms with Gasteiger partial charge in [-0.1, -0.05) is 23.4 Å². The standard InChI is InChI=1S/C25H23F6N5O2S/c1-14-10-21(25(29,30)31)33-36(14)22(12-37)35-8-6-15(7-9-35)23-32-19(13-39-23)18-11-20(38-34-18)16-4-2-3-5-17(16)24(26,27)28/h2-5,10,12-13,15,20,22H,6-9,11H2,1H3/t20-,22?/m1/s1. The maximum atomic E-state index is 13.4. The Balaban J connectivity index is 1.22. The lowest BCUT2D eigenvalue weighted by Gasteiger charge is -2.35. The van der Waals surface area contributed by atoms with E-state index in [2.05, 4.69) is 15.2 Å². The molecule has 0 saturated carbocycles. The quantitative estimate of drug-likeness (QED) is 0.263. The maximum absolute atomic E-state index is 13.4. The van der Waals surface area contributed by atoms with E-state index in [9.17, 15) is 31.1 Å². The summed E-state index contributed by atoms with van der Waals surface area (Å²) >= 11 is 1.41. The number of alkyl halides is 6. The number of rotatable bonds is 6. The van der Waals surface area contributed by atoms with Crippen molar-refractivity contribution < 1.29 is 36.0 Å². The van der Waals surface area contributed by atoms with E-state index in [4.69, 9.17) is 4.84 Å². The molecule has 1 unspecified atom stereocenters. The summed E-state index contributed by atoms with van der Waals surface area (Å²) in [5.74, 6) is 0.0569. The molecule has 7 nitrogen and oxygen atoms in total. The third kappa shape index (κ3) is 5.57. The Hall–Kier alpha value is -3.26. The van der Waals surface area contributed by atoms with Crippen LogP contribution in [0, 0.1) is 6.92 Å². The Morgan fingerprint density at radius 2 is 1.82 bits per heavy atom. The van der Waals surface area contributed by atoms with Gasteiger partial charge in [0, 0.05) is 42.1 Å². The number of carbonyl (C=O) groups excluding carboxylic acids is 1. The van der Waals surface area contributed by atoms with Crippen molar-refractivity contribution in [2.75, 3.05) is 13.1 Å². The van der Waals surface area contributed by atoms with Crippen molar-refractivity contribution >= 4 is 23.3 Å². The molecular weight excluding hydrogens is 548 g/mol. The van der Waals surface area contributed by atoms with Crippen LogP contribution in [0.15, 0.2) is 40.9 Å². The first-order valence-corrected chi connectivity index (χ1v) is 13.0. The summed E-state index contributed by atoms with van der Waals surface area (Å²) in [6, 6.07) is 6.17. The molecular formula is C25H23F6N5O2S. The number of aromatic nitrogens is 3. The highest BCUT2D eigenvalue weighted by Gasteiger charge is 2.39. The number of aldehydes is 1. The number of piperidine rings is 1. The fourth-order valence-corrected chi connectivity index (χ4v) is 5.94. The molecule has 0 aliphatic carbocycles. The molecule has 2 atom stereocenters. The van der Waals surface area contributed by atoms with Crippen LogP contribution in [0.25, 0.3) is 0 Å². The van der Waals surface area contributed by atoms with Crippen LogP contribution in [0.2, 0.25) is 0 Å². The molecule has 0 amide bonds. The highest BCUT2D eigenvalue weighted by Crippen LogP contribution is 2.40. The number of halogens is 6. The Kier molecular flexibility index (Phi) is 7.27. The molecule has 3 aromatic rings. The number of hydrogen-bond acceptors (Lipinski definition) is 7. The summed E-state index contributed by atoms with van der Waals surface area (Å²) in [6.45, 7) is 2.37. The molecule has 5 rings (SSSR count). The number of likely N-dealkylation sites (tertiary alicyclic amines) is 1. The second kappa shape index (κ2) is 10.4. The van der Waals surface area contributed by atoms with Gasteiger partial charge in [-0.2, -0.15) is 31.4 Å². The predicted octanol–water partition coefficient (Wildman–Crippen LogP) is 6.13. The van der Waals surface area contributed by atoms with E-state index in [1.807, 2.05) is 0 Å². The molecule has 2 aliphatic heterocycles. The smallest absolute Gasteiger partial charge is 0.387 e. The summed E-state index contributed by atoms with van der Waals surface area (Å²) in [5, 5.41) is 10.2. The number of nitrogens with zero attached hydrogens (tertiary/aromatic N) is 5. The van der Waals surface area contributed by atoms with Gasteiger partial charge in [0.15, 0.2) is 24.2 Å². The molecule has 14 heteroatoms. The number of oxime groups is 1. The zero-order chi connectivity index (χ0) is 27.9. The summed E-state index contributed by atoms with van der Waals surface area (Å²) in [4.78, 5) is 23.6. The first-order chi connectivity index (χ1) is 18.5. The molecule has 39 heavy (non-hydrogen) atoms. The van der Waals surface area contributed by atoms with Crippen LogP contribution in [0.5, 0.6) is 0 Å². The van der Waals surface area contributed by atoms with Gasteiger partial charge in [0.1, 0.15) is 5.71 Å². The van der Waals surface area contributed by atoms with E-state index in [-0.39, 0.29) is 23.6 Å². The Morgan fingerprint density at radius 1 is 1.10 bits per heavy atom. The van der Waals surface area contributed by atoms with Gasteiger partial charge in [-0.25, -0.2) is 9.67 Å². The van der Waals surface area contributed by atoms with Crippen molar-refractivity contribution in [3.63, 3.8) is 0 Å². The van der Waals surface area contributed by atoms with Crippen LogP contribution in [-0.4, -0.2) is 44.8 Å². The van der Waals surface area contributed by atoms with Gasteiger partial charge in [-0.3, -0.25) is 9.69 Å². The molecule has 1 saturated heterocycles. The average Bonchev–Trinajstić information content (AvgIpc) is 3.64. The van der Waals surface area contributed by atoms with E-state index in [0.717, 1.165) is 21.8 Å². The fourth-order valence-electron chi connectivity index (χ4n) is 4.94. The second-order valence-electron chi connectivity index (χ2n) is 9.47. The zero-order valence-electron chi connectivity index (χ0n) is 20.5. The van der Waals surface area contributed by atoms with Crippen molar-refractivity contribution in [1.29, 1.82) is 0 Å². The third-order valence-corrected chi connectivity index (χ3v) is 7.94. The minimum absolute atomic E-state index is 0.0195. The summed E-state index contributed by atoms with van der Waals surface area (Å²) in [7, 11) is 0. The summed E-state index contributed by atoms with van der Waals surface area (Å²) < 4.78 is 80.6. The fraction of sp³-hybridized carbons (Fsp3) is 0.440. The largest absolute Gasteiger partial charge is 0.435 e. The topological polar surface area (TPSA) is 72.6 Å². The first-order valence-electron chi connectivity index (χ1n) is 12.1. The number of carbonyl (C=O) groups is 1. The van der Waals surface area contributed by atoms with E-state index < -0.39 is 35.9 Å². The lowest BCUT2D eigenvalue weighted by Crippen LogP contribution is -2.40. The maximum Gasteiger partial charge on any atom is 0.435 e. The Bertz CT molecular complexity index is 1370. The van der Waals surface area contributed by atoms with Crippen LogP contribution in [0.1, 0.15) is 70.7 Å². The van der Waals surface area contributed by atoms with Crippen molar-refractivity contribution in [2.45, 2.75) is 56.7 Å². The number of aryl methyl sites for hydroxylation is 1. The van der Waals surface area contributed by atoms with Crippen LogP contribution < -0.4 is 0 Å². The third-order valence-electron chi connectivity index (χ3n) is 6.94. The average molecular weight is 572 g/mol. The molecule has 4 heterocycles. The summed E-state index contributed by atoms with van der Waals surface area (Å²) in [6.07, 6.45) is -8.94. The van der Waals surface area contributed by atoms with Gasteiger partial charge in [-0.15, -0.1) is 11.3 Å². The number of thiazole rings is 1. The van der Waals surface area contributed by atoms with Crippen LogP contribution >= 0.6 is 11.3 Å². The monoisotopic (exact) mass is 571 g/mol. The van der Waals surface area contributed by atoms with Gasteiger partial charge in [0.2, 0.25) is 0 Å². The highest BCUT2D eigenvalue weighted by atomic mass is 32.1. The molecule has 1 fully saturated rings. The van der Waals surface area contributed by atoms with Crippen molar-refractivity contribution in [1.82, 2.24) is 19.7 Å². The predicted molar refractivity (Wildman–Crippen MR) is 129 cm³/mol. The number of benzene rings is 1. The summed E-state index contributed by atoms with van der Waals surface area (Å²) in [5.41, 5.74) is -0.534. The second-order valence-corrected chi connectivity index (χ2v) is 10.4. The lowest BCUT2D eigenvalue weighted by atomic mass is 9.97. The first kappa shape index (κ1) is 27.3. The van der Waals surface area contributed by atoms with Gasteiger partial charge in [-0.05, 0) is 31.9 Å². The van der Waals surface area contributed by atoms with Crippen molar-refractivity contribution in [3.8, 4) is 0 Å². The molecule has 0 spiro atoms. The minimum atomic E-state index is -4.60. The molecule has 2 aliphatic rings. The van der Waals surface area contributed by atoms with E-state index >= 15 is 0 Å². The molecule has 0 bridgehead atoms. The van der Waals surface area contributed by atoms with Crippen LogP contribution in [0.3, 0.4) is 0 Å². The SMILES string of the molecule is Cc1cc(C(F)(F)F)nn1C(C=O)N1CCC(c2nc(C3=NO[C@@H](c4ccccc4C(F)(F)F)C3)cs2)CC1. The molecule has 0 N–H and O–H groups in total. The highest BCUT2D eigenvalue weighted by molar-refractivity contribution is 7.10. The lowest BCUT2D eigenvalue weighted by molar-refractivity contribution is -0.142. The van der Waals surface area contributed by atoms with Crippen molar-refractivity contribution in [2.24, 2.45) is 5.16 Å². The zero-order valence-corrected chi connectivity index (χ0v) is 21.4. The van der Waals surface area contributed by atoms with E-state index in [1.54, 1.807) is 10.3 Å². The van der Waals surface area contributed by atoms with Gasteiger partial charge < -0.3 is 4.84 Å². The molecule has 208 valence electrons. The Morgan fingerprint density at radius 3 is 2.46 bits per heavy atom. The van der Waals surface area contributed by atoms with Gasteiger partial charge >= 0.3 is 12.4 Å². The Labute approximate surface area is 223 Å². The van der Waals surface area contributed by atoms with Gasteiger partial charge in [0.05, 0.1) is 16.3 Å². The van der Waals surface area contributed by atoms with E-state index in [1.165, 1.54) is 36.5 Å². The molecule has 2 aromatic heterocycles. The van der Waals surface area contributed by atoms with Crippen molar-refractivity contribution in [3.05, 3.63) is 68.9 Å². The van der Waals surface area contributed by atoms with Gasteiger partial charge in [0.25, 0.3) is 0 Å². The molecule has 0 radical (unpaired) electrons. The minimum Gasteiger partial charge on any atom is -0.387 e.